The van der Waals surface area contributed by atoms with E-state index >= 15 is 0 Å². The topological polar surface area (TPSA) is 80.5 Å². The molecule has 2 aromatic heterocycles. The molecule has 5 rings (SSSR count). The largest absolute Gasteiger partial charge is 0.493 e. The molecule has 0 saturated heterocycles. The van der Waals surface area contributed by atoms with Crippen molar-refractivity contribution in [1.29, 1.82) is 0 Å². The van der Waals surface area contributed by atoms with Crippen LogP contribution in [0.15, 0.2) is 82.2 Å². The molecule has 7 nitrogen and oxygen atoms in total. The molecule has 0 atom stereocenters. The minimum Gasteiger partial charge on any atom is -0.493 e. The van der Waals surface area contributed by atoms with Gasteiger partial charge in [-0.3, -0.25) is 19.4 Å². The number of rotatable bonds is 12. The number of hydrogen-bond donors (Lipinski definition) is 1. The lowest BCUT2D eigenvalue weighted by Crippen LogP contribution is -2.32. The predicted octanol–water partition coefficient (Wildman–Crippen LogP) is 5.57. The van der Waals surface area contributed by atoms with Crippen LogP contribution in [0, 0.1) is 0 Å². The Morgan fingerprint density at radius 1 is 1.11 bits per heavy atom. The Labute approximate surface area is 219 Å². The summed E-state index contributed by atoms with van der Waals surface area (Å²) in [6, 6.07) is 19.3. The zero-order valence-electron chi connectivity index (χ0n) is 23.0. The summed E-state index contributed by atoms with van der Waals surface area (Å²) in [6.07, 6.45) is 6.56. The first-order valence-electron chi connectivity index (χ1n) is 13.8. The summed E-state index contributed by atoms with van der Waals surface area (Å²) >= 11 is 0. The molecule has 0 aliphatic heterocycles. The molecule has 37 heavy (non-hydrogen) atoms. The number of aromatic amines is 1. The summed E-state index contributed by atoms with van der Waals surface area (Å²) in [6.45, 7) is -1.61. The Hall–Kier alpha value is -4.00. The van der Waals surface area contributed by atoms with Crippen molar-refractivity contribution in [2.45, 2.75) is 51.1 Å². The van der Waals surface area contributed by atoms with E-state index in [1.54, 1.807) is 47.3 Å². The number of aryl methyl sites for hydroxylation is 2. The fourth-order valence-corrected chi connectivity index (χ4v) is 4.34. The highest BCUT2D eigenvalue weighted by atomic mass is 16.5. The number of carbonyl (C=O) groups is 1. The summed E-state index contributed by atoms with van der Waals surface area (Å²) in [5.74, 6) is 0.814. The molecule has 0 spiro atoms. The highest BCUT2D eigenvalue weighted by Crippen LogP contribution is 2.32. The molecule has 0 unspecified atom stereocenters. The van der Waals surface area contributed by atoms with Gasteiger partial charge < -0.3 is 14.1 Å². The Balaban J connectivity index is 1.24. The number of amides is 1. The highest BCUT2D eigenvalue weighted by molar-refractivity contribution is 5.95. The van der Waals surface area contributed by atoms with Gasteiger partial charge in [0.2, 0.25) is 0 Å². The van der Waals surface area contributed by atoms with E-state index in [-0.39, 0.29) is 17.5 Å². The molecule has 1 N–H and O–H groups in total. The number of nitrogens with zero attached hydrogens (tertiary/aromatic N) is 2. The van der Waals surface area contributed by atoms with Crippen molar-refractivity contribution in [1.82, 2.24) is 14.7 Å². The first-order valence-corrected chi connectivity index (χ1v) is 12.8. The monoisotopic (exact) mass is 501 g/mol. The Bertz CT molecular complexity index is 1450. The molecular weight excluding hydrogens is 466 g/mol. The van der Waals surface area contributed by atoms with Crippen LogP contribution in [0.25, 0.3) is 11.3 Å². The van der Waals surface area contributed by atoms with Crippen molar-refractivity contribution in [3.8, 4) is 17.1 Å². The van der Waals surface area contributed by atoms with Gasteiger partial charge in [-0.2, -0.15) is 0 Å². The van der Waals surface area contributed by atoms with Crippen molar-refractivity contribution < 1.29 is 16.7 Å². The van der Waals surface area contributed by atoms with Crippen molar-refractivity contribution in [2.75, 3.05) is 6.61 Å². The second-order valence-electron chi connectivity index (χ2n) is 9.40. The van der Waals surface area contributed by atoms with Crippen molar-refractivity contribution in [2.24, 2.45) is 7.05 Å². The summed E-state index contributed by atoms with van der Waals surface area (Å²) in [5, 5.41) is 2.72. The third-order valence-electron chi connectivity index (χ3n) is 6.54. The lowest BCUT2D eigenvalue weighted by atomic mass is 10.1. The van der Waals surface area contributed by atoms with Gasteiger partial charge in [0.15, 0.2) is 0 Å². The Morgan fingerprint density at radius 2 is 1.92 bits per heavy atom. The summed E-state index contributed by atoms with van der Waals surface area (Å²) < 4.78 is 31.4. The molecule has 1 fully saturated rings. The second-order valence-corrected chi connectivity index (χ2v) is 9.40. The van der Waals surface area contributed by atoms with Gasteiger partial charge in [-0.25, -0.2) is 0 Å². The van der Waals surface area contributed by atoms with Gasteiger partial charge in [-0.05, 0) is 68.9 Å². The van der Waals surface area contributed by atoms with Gasteiger partial charge >= 0.3 is 0 Å². The molecule has 1 amide bonds. The molecule has 2 heterocycles. The molecule has 4 aromatic rings. The van der Waals surface area contributed by atoms with Crippen LogP contribution in [-0.4, -0.2) is 33.2 Å². The average molecular weight is 502 g/mol. The van der Waals surface area contributed by atoms with Gasteiger partial charge in [0, 0.05) is 48.0 Å². The molecule has 7 heteroatoms. The van der Waals surface area contributed by atoms with E-state index < -0.39 is 6.50 Å². The number of benzene rings is 2. The van der Waals surface area contributed by atoms with E-state index in [0.717, 1.165) is 49.8 Å². The number of hydrogen-bond acceptors (Lipinski definition) is 4. The third-order valence-corrected chi connectivity index (χ3v) is 6.54. The van der Waals surface area contributed by atoms with Crippen LogP contribution < -0.4 is 10.3 Å². The maximum Gasteiger partial charge on any atom is 0.264 e. The number of ether oxygens (including phenoxy) is 1. The van der Waals surface area contributed by atoms with Crippen LogP contribution >= 0.6 is 0 Å². The van der Waals surface area contributed by atoms with Crippen LogP contribution in [0.3, 0.4) is 0 Å². The number of para-hydroxylation sites is 1. The predicted molar refractivity (Wildman–Crippen MR) is 143 cm³/mol. The summed E-state index contributed by atoms with van der Waals surface area (Å²) in [4.78, 5) is 26.4. The maximum atomic E-state index is 13.6. The molecular formula is C30H33N3O4. The zero-order valence-corrected chi connectivity index (χ0v) is 21.0. The van der Waals surface area contributed by atoms with E-state index in [9.17, 15) is 9.59 Å². The van der Waals surface area contributed by atoms with Gasteiger partial charge in [0.1, 0.15) is 11.5 Å². The van der Waals surface area contributed by atoms with Crippen molar-refractivity contribution in [3.63, 3.8) is 0 Å². The van der Waals surface area contributed by atoms with Crippen LogP contribution in [-0.2, 0) is 20.0 Å². The SMILES string of the molecule is [2H]C([2H])(c1ccccc1OCCCCCc1cc(=O)[nH]n1C)N(C(=O)c1ccc(-c2ccco2)cc1)C1CC1. The van der Waals surface area contributed by atoms with E-state index in [0.29, 0.717) is 29.2 Å². The number of furan rings is 1. The van der Waals surface area contributed by atoms with Crippen LogP contribution in [0.2, 0.25) is 0 Å². The smallest absolute Gasteiger partial charge is 0.264 e. The van der Waals surface area contributed by atoms with E-state index in [1.807, 2.05) is 37.4 Å². The standard InChI is InChI=1S/C30H33N3O4/c1-32-26(20-29(34)31-32)9-3-2-6-18-36-28-10-5-4-8-24(28)21-33(25-16-17-25)30(35)23-14-12-22(13-15-23)27-11-7-19-37-27/h4-5,7-8,10-15,19-20,25H,2-3,6,9,16-18,21H2,1H3,(H,31,34)/i21D2. The Morgan fingerprint density at radius 3 is 2.62 bits per heavy atom. The van der Waals surface area contributed by atoms with Gasteiger partial charge in [0.05, 0.1) is 15.6 Å². The van der Waals surface area contributed by atoms with Crippen LogP contribution in [0.1, 0.15) is 56.5 Å². The Kier molecular flexibility index (Phi) is 6.83. The quantitative estimate of drug-likeness (QED) is 0.257. The third kappa shape index (κ3) is 6.23. The number of aromatic nitrogens is 2. The minimum absolute atomic E-state index is 0.0914. The molecule has 0 radical (unpaired) electrons. The minimum atomic E-state index is -2.05. The fourth-order valence-electron chi connectivity index (χ4n) is 4.34. The number of carbonyl (C=O) groups excluding carboxylic acids is 1. The lowest BCUT2D eigenvalue weighted by molar-refractivity contribution is 0.0728. The molecule has 1 saturated carbocycles. The first kappa shape index (κ1) is 22.2. The van der Waals surface area contributed by atoms with Crippen LogP contribution in [0.5, 0.6) is 5.75 Å². The second kappa shape index (κ2) is 11.4. The van der Waals surface area contributed by atoms with Gasteiger partial charge in [-0.1, -0.05) is 30.3 Å². The number of unbranched alkanes of at least 4 members (excludes halogenated alkanes) is 2. The van der Waals surface area contributed by atoms with Gasteiger partial charge in [0.25, 0.3) is 11.5 Å². The number of H-pyrrole nitrogens is 1. The van der Waals surface area contributed by atoms with E-state index in [4.69, 9.17) is 11.9 Å². The molecule has 1 aliphatic carbocycles. The van der Waals surface area contributed by atoms with Crippen molar-refractivity contribution in [3.05, 3.63) is 100 Å². The van der Waals surface area contributed by atoms with Gasteiger partial charge in [-0.15, -0.1) is 0 Å². The summed E-state index contributed by atoms with van der Waals surface area (Å²) in [5.41, 5.74) is 2.51. The van der Waals surface area contributed by atoms with E-state index in [2.05, 4.69) is 5.10 Å². The van der Waals surface area contributed by atoms with Crippen LogP contribution in [0.4, 0.5) is 0 Å². The molecule has 1 aliphatic rings. The van der Waals surface area contributed by atoms with E-state index in [1.165, 1.54) is 4.90 Å². The highest BCUT2D eigenvalue weighted by Gasteiger charge is 2.33. The maximum absolute atomic E-state index is 13.6. The zero-order chi connectivity index (χ0) is 27.4. The molecule has 192 valence electrons. The average Bonchev–Trinajstić information content (AvgIpc) is 3.47. The fraction of sp³-hybridized carbons (Fsp3) is 0.333. The first-order chi connectivity index (χ1) is 18.8. The molecule has 0 bridgehead atoms. The molecule has 2 aromatic carbocycles. The summed E-state index contributed by atoms with van der Waals surface area (Å²) in [7, 11) is 1.83. The normalized spacial score (nSPS) is 14.2. The number of nitrogens with one attached hydrogen (secondary N) is 1. The lowest BCUT2D eigenvalue weighted by Gasteiger charge is -2.24. The van der Waals surface area contributed by atoms with Crippen molar-refractivity contribution >= 4 is 5.91 Å².